The second-order valence-corrected chi connectivity index (χ2v) is 5.23. The van der Waals surface area contributed by atoms with Crippen molar-refractivity contribution in [3.63, 3.8) is 0 Å². The van der Waals surface area contributed by atoms with Crippen molar-refractivity contribution in [1.82, 2.24) is 14.5 Å². The van der Waals surface area contributed by atoms with E-state index in [1.54, 1.807) is 16.8 Å². The Balaban J connectivity index is 1.96. The molecule has 112 valence electrons. The molecule has 0 N–H and O–H groups in total. The van der Waals surface area contributed by atoms with Gasteiger partial charge in [0.1, 0.15) is 5.82 Å². The van der Waals surface area contributed by atoms with E-state index in [4.69, 9.17) is 4.42 Å². The molecule has 0 unspecified atom stereocenters. The fourth-order valence-corrected chi connectivity index (χ4v) is 2.70. The number of oxazole rings is 1. The Labute approximate surface area is 131 Å². The minimum Gasteiger partial charge on any atom is -0.444 e. The van der Waals surface area contributed by atoms with Crippen LogP contribution in [0.15, 0.2) is 70.3 Å². The Hall–Kier alpha value is -3.21. The van der Waals surface area contributed by atoms with Gasteiger partial charge in [-0.15, -0.1) is 0 Å². The Bertz CT molecular complexity index is 1050. The van der Waals surface area contributed by atoms with Gasteiger partial charge in [0.25, 0.3) is 5.56 Å². The monoisotopic (exact) mass is 303 g/mol. The van der Waals surface area contributed by atoms with Gasteiger partial charge in [-0.3, -0.25) is 9.36 Å². The molecule has 0 aliphatic rings. The van der Waals surface area contributed by atoms with Crippen molar-refractivity contribution in [2.75, 3.05) is 0 Å². The maximum atomic E-state index is 12.8. The van der Waals surface area contributed by atoms with Gasteiger partial charge in [0.15, 0.2) is 12.2 Å². The third-order valence-corrected chi connectivity index (χ3v) is 3.76. The van der Waals surface area contributed by atoms with Crippen LogP contribution >= 0.6 is 0 Å². The lowest BCUT2D eigenvalue weighted by atomic mass is 10.1. The third kappa shape index (κ3) is 2.23. The first-order chi connectivity index (χ1) is 11.2. The van der Waals surface area contributed by atoms with E-state index in [0.29, 0.717) is 22.5 Å². The van der Waals surface area contributed by atoms with Crippen molar-refractivity contribution < 1.29 is 4.42 Å². The van der Waals surface area contributed by atoms with E-state index in [-0.39, 0.29) is 5.56 Å². The van der Waals surface area contributed by atoms with E-state index in [9.17, 15) is 4.79 Å². The lowest BCUT2D eigenvalue weighted by Crippen LogP contribution is -2.22. The van der Waals surface area contributed by atoms with Crippen LogP contribution in [0.2, 0.25) is 0 Å². The van der Waals surface area contributed by atoms with Crippen molar-refractivity contribution in [1.29, 1.82) is 0 Å². The van der Waals surface area contributed by atoms with Gasteiger partial charge in [-0.2, -0.15) is 0 Å². The summed E-state index contributed by atoms with van der Waals surface area (Å²) in [4.78, 5) is 21.3. The summed E-state index contributed by atoms with van der Waals surface area (Å²) in [6.07, 6.45) is 3.03. The van der Waals surface area contributed by atoms with Gasteiger partial charge >= 0.3 is 0 Å². The molecule has 0 radical (unpaired) electrons. The van der Waals surface area contributed by atoms with Gasteiger partial charge in [-0.1, -0.05) is 24.3 Å². The molecule has 4 aromatic rings. The SMILES string of the molecule is Cc1nc2ccccc2c(=O)n1-c1cccc(-c2cnco2)c1. The van der Waals surface area contributed by atoms with Gasteiger partial charge in [0.05, 0.1) is 22.8 Å². The van der Waals surface area contributed by atoms with Crippen molar-refractivity contribution >= 4 is 10.9 Å². The summed E-state index contributed by atoms with van der Waals surface area (Å²) >= 11 is 0. The highest BCUT2D eigenvalue weighted by Gasteiger charge is 2.11. The first-order valence-electron chi connectivity index (χ1n) is 7.22. The molecule has 23 heavy (non-hydrogen) atoms. The van der Waals surface area contributed by atoms with Crippen LogP contribution in [0.5, 0.6) is 0 Å². The second kappa shape index (κ2) is 5.21. The summed E-state index contributed by atoms with van der Waals surface area (Å²) in [6, 6.07) is 14.9. The highest BCUT2D eigenvalue weighted by Crippen LogP contribution is 2.22. The van der Waals surface area contributed by atoms with Crippen molar-refractivity contribution in [2.45, 2.75) is 6.92 Å². The molecule has 5 nitrogen and oxygen atoms in total. The Morgan fingerprint density at radius 3 is 2.78 bits per heavy atom. The largest absolute Gasteiger partial charge is 0.444 e. The van der Waals surface area contributed by atoms with Crippen molar-refractivity contribution in [2.24, 2.45) is 0 Å². The van der Waals surface area contributed by atoms with Gasteiger partial charge in [0.2, 0.25) is 0 Å². The Kier molecular flexibility index (Phi) is 3.05. The van der Waals surface area contributed by atoms with Crippen molar-refractivity contribution in [3.05, 3.63) is 77.3 Å². The topological polar surface area (TPSA) is 60.9 Å². The lowest BCUT2D eigenvalue weighted by Gasteiger charge is -2.11. The standard InChI is InChI=1S/C18H13N3O2/c1-12-20-16-8-3-2-7-15(16)18(22)21(12)14-6-4-5-13(9-14)17-10-19-11-23-17/h2-11H,1H3. The third-order valence-electron chi connectivity index (χ3n) is 3.76. The molecule has 0 bridgehead atoms. The fraction of sp³-hybridized carbons (Fsp3) is 0.0556. The van der Waals surface area contributed by atoms with Crippen LogP contribution in [0.25, 0.3) is 27.9 Å². The minimum atomic E-state index is -0.0807. The number of para-hydroxylation sites is 1. The lowest BCUT2D eigenvalue weighted by molar-refractivity contribution is 0.572. The van der Waals surface area contributed by atoms with E-state index < -0.39 is 0 Å². The molecular formula is C18H13N3O2. The zero-order valence-electron chi connectivity index (χ0n) is 12.4. The first-order valence-corrected chi connectivity index (χ1v) is 7.22. The quantitative estimate of drug-likeness (QED) is 0.570. The smallest absolute Gasteiger partial charge is 0.265 e. The molecule has 0 saturated heterocycles. The highest BCUT2D eigenvalue weighted by atomic mass is 16.3. The van der Waals surface area contributed by atoms with Gasteiger partial charge in [0, 0.05) is 5.56 Å². The highest BCUT2D eigenvalue weighted by molar-refractivity contribution is 5.78. The number of aromatic nitrogens is 3. The van der Waals surface area contributed by atoms with Crippen LogP contribution in [-0.4, -0.2) is 14.5 Å². The molecule has 2 heterocycles. The van der Waals surface area contributed by atoms with Gasteiger partial charge < -0.3 is 4.42 Å². The van der Waals surface area contributed by atoms with Crippen LogP contribution < -0.4 is 5.56 Å². The summed E-state index contributed by atoms with van der Waals surface area (Å²) in [5.41, 5.74) is 2.24. The van der Waals surface area contributed by atoms with Gasteiger partial charge in [-0.25, -0.2) is 9.97 Å². The summed E-state index contributed by atoms with van der Waals surface area (Å²) in [7, 11) is 0. The molecular weight excluding hydrogens is 290 g/mol. The maximum Gasteiger partial charge on any atom is 0.265 e. The van der Waals surface area contributed by atoms with E-state index in [0.717, 1.165) is 11.3 Å². The van der Waals surface area contributed by atoms with Crippen LogP contribution in [0, 0.1) is 6.92 Å². The predicted octanol–water partition coefficient (Wildman–Crippen LogP) is 3.35. The number of fused-ring (bicyclic) bond motifs is 1. The number of benzene rings is 2. The predicted molar refractivity (Wildman–Crippen MR) is 87.6 cm³/mol. The minimum absolute atomic E-state index is 0.0807. The zero-order valence-corrected chi connectivity index (χ0v) is 12.4. The number of hydrogen-bond acceptors (Lipinski definition) is 4. The number of aryl methyl sites for hydroxylation is 1. The average molecular weight is 303 g/mol. The number of hydrogen-bond donors (Lipinski definition) is 0. The van der Waals surface area contributed by atoms with Crippen LogP contribution in [-0.2, 0) is 0 Å². The van der Waals surface area contributed by atoms with E-state index in [1.165, 1.54) is 6.39 Å². The molecule has 0 aliphatic carbocycles. The normalized spacial score (nSPS) is 11.0. The molecule has 4 rings (SSSR count). The molecule has 0 saturated carbocycles. The Morgan fingerprint density at radius 1 is 1.09 bits per heavy atom. The molecule has 0 fully saturated rings. The number of rotatable bonds is 2. The van der Waals surface area contributed by atoms with E-state index >= 15 is 0 Å². The Morgan fingerprint density at radius 2 is 1.96 bits per heavy atom. The molecule has 0 aliphatic heterocycles. The van der Waals surface area contributed by atoms with Crippen LogP contribution in [0.1, 0.15) is 5.82 Å². The second-order valence-electron chi connectivity index (χ2n) is 5.23. The summed E-state index contributed by atoms with van der Waals surface area (Å²) in [5.74, 6) is 1.30. The maximum absolute atomic E-state index is 12.8. The molecule has 0 amide bonds. The molecule has 5 heteroatoms. The van der Waals surface area contributed by atoms with Crippen molar-refractivity contribution in [3.8, 4) is 17.0 Å². The van der Waals surface area contributed by atoms with Gasteiger partial charge in [-0.05, 0) is 31.2 Å². The van der Waals surface area contributed by atoms with E-state index in [2.05, 4.69) is 9.97 Å². The molecule has 2 aromatic carbocycles. The fourth-order valence-electron chi connectivity index (χ4n) is 2.70. The summed E-state index contributed by atoms with van der Waals surface area (Å²) in [5, 5.41) is 0.600. The zero-order chi connectivity index (χ0) is 15.8. The van der Waals surface area contributed by atoms with E-state index in [1.807, 2.05) is 49.4 Å². The summed E-state index contributed by atoms with van der Waals surface area (Å²) in [6.45, 7) is 1.83. The van der Waals surface area contributed by atoms with Crippen LogP contribution in [0.4, 0.5) is 0 Å². The molecule has 0 atom stereocenters. The molecule has 0 spiro atoms. The first kappa shape index (κ1) is 13.5. The number of nitrogens with zero attached hydrogens (tertiary/aromatic N) is 3. The summed E-state index contributed by atoms with van der Waals surface area (Å²) < 4.78 is 6.94. The van der Waals surface area contributed by atoms with Crippen LogP contribution in [0.3, 0.4) is 0 Å². The molecule has 2 aromatic heterocycles. The average Bonchev–Trinajstić information content (AvgIpc) is 3.10.